The van der Waals surface area contributed by atoms with Crippen molar-refractivity contribution in [3.63, 3.8) is 0 Å². The summed E-state index contributed by atoms with van der Waals surface area (Å²) in [6.45, 7) is 0.655. The SMILES string of the molecule is O=[N+]([O-])c1ccc(Cl)c(S(=O)(=O)NC[C@H]2CCCO2)c1Cl. The van der Waals surface area contributed by atoms with Gasteiger partial charge in [0.25, 0.3) is 5.69 Å². The van der Waals surface area contributed by atoms with Crippen molar-refractivity contribution in [2.75, 3.05) is 13.2 Å². The zero-order valence-corrected chi connectivity index (χ0v) is 13.0. The number of sulfonamides is 1. The maximum absolute atomic E-state index is 12.2. The maximum atomic E-state index is 12.2. The monoisotopic (exact) mass is 354 g/mol. The minimum absolute atomic E-state index is 0.0671. The van der Waals surface area contributed by atoms with Crippen molar-refractivity contribution in [2.24, 2.45) is 0 Å². The highest BCUT2D eigenvalue weighted by atomic mass is 35.5. The van der Waals surface area contributed by atoms with Crippen LogP contribution < -0.4 is 4.72 Å². The summed E-state index contributed by atoms with van der Waals surface area (Å²) in [5, 5.41) is 10.1. The van der Waals surface area contributed by atoms with Gasteiger partial charge in [-0.25, -0.2) is 13.1 Å². The molecule has 0 bridgehead atoms. The average Bonchev–Trinajstić information content (AvgIpc) is 2.89. The number of rotatable bonds is 5. The van der Waals surface area contributed by atoms with Crippen LogP contribution in [0.3, 0.4) is 0 Å². The van der Waals surface area contributed by atoms with Crippen LogP contribution in [0.25, 0.3) is 0 Å². The third-order valence-electron chi connectivity index (χ3n) is 3.02. The fraction of sp³-hybridized carbons (Fsp3) is 0.455. The Hall–Kier alpha value is -0.930. The van der Waals surface area contributed by atoms with E-state index in [4.69, 9.17) is 27.9 Å². The van der Waals surface area contributed by atoms with E-state index in [0.717, 1.165) is 25.0 Å². The standard InChI is InChI=1S/C11H12Cl2N2O5S/c12-8-3-4-9(15(16)17)10(13)11(8)21(18,19)14-6-7-2-1-5-20-7/h3-4,7,14H,1-2,5-6H2/t7-/m1/s1. The van der Waals surface area contributed by atoms with E-state index in [-0.39, 0.29) is 17.7 Å². The molecule has 1 heterocycles. The van der Waals surface area contributed by atoms with Gasteiger partial charge in [0.1, 0.15) is 9.92 Å². The lowest BCUT2D eigenvalue weighted by atomic mass is 10.2. The number of nitro benzene ring substituents is 1. The molecule has 1 saturated heterocycles. The predicted molar refractivity (Wildman–Crippen MR) is 77.3 cm³/mol. The van der Waals surface area contributed by atoms with Crippen LogP contribution in [-0.4, -0.2) is 32.6 Å². The molecular formula is C11H12Cl2N2O5S. The number of ether oxygens (including phenoxy) is 1. The van der Waals surface area contributed by atoms with E-state index in [1.54, 1.807) is 0 Å². The summed E-state index contributed by atoms with van der Waals surface area (Å²) in [7, 11) is -4.06. The van der Waals surface area contributed by atoms with Gasteiger partial charge in [0.15, 0.2) is 0 Å². The van der Waals surface area contributed by atoms with Gasteiger partial charge in [-0.1, -0.05) is 23.2 Å². The molecule has 1 aliphatic rings. The molecular weight excluding hydrogens is 343 g/mol. The Morgan fingerprint density at radius 1 is 1.43 bits per heavy atom. The first-order chi connectivity index (χ1) is 9.83. The summed E-state index contributed by atoms with van der Waals surface area (Å²) in [4.78, 5) is 9.57. The summed E-state index contributed by atoms with van der Waals surface area (Å²) >= 11 is 11.6. The van der Waals surface area contributed by atoms with Crippen LogP contribution in [0, 0.1) is 10.1 Å². The molecule has 0 radical (unpaired) electrons. The lowest BCUT2D eigenvalue weighted by Gasteiger charge is -2.13. The van der Waals surface area contributed by atoms with Crippen LogP contribution in [0.15, 0.2) is 17.0 Å². The molecule has 7 nitrogen and oxygen atoms in total. The van der Waals surface area contributed by atoms with Crippen molar-refractivity contribution in [3.8, 4) is 0 Å². The zero-order chi connectivity index (χ0) is 15.6. The fourth-order valence-electron chi connectivity index (χ4n) is 1.99. The van der Waals surface area contributed by atoms with Gasteiger partial charge in [0.05, 0.1) is 16.0 Å². The molecule has 0 unspecified atom stereocenters. The van der Waals surface area contributed by atoms with Gasteiger partial charge >= 0.3 is 0 Å². The summed E-state index contributed by atoms with van der Waals surface area (Å²) < 4.78 is 32.1. The van der Waals surface area contributed by atoms with Crippen molar-refractivity contribution in [2.45, 2.75) is 23.8 Å². The van der Waals surface area contributed by atoms with Gasteiger partial charge in [-0.05, 0) is 18.9 Å². The van der Waals surface area contributed by atoms with Crippen LogP contribution in [0.4, 0.5) is 5.69 Å². The van der Waals surface area contributed by atoms with Gasteiger partial charge in [-0.2, -0.15) is 0 Å². The molecule has 21 heavy (non-hydrogen) atoms. The third kappa shape index (κ3) is 3.64. The van der Waals surface area contributed by atoms with Gasteiger partial charge < -0.3 is 4.74 Å². The van der Waals surface area contributed by atoms with E-state index in [1.807, 2.05) is 0 Å². The molecule has 2 rings (SSSR count). The number of halogens is 2. The van der Waals surface area contributed by atoms with Crippen LogP contribution >= 0.6 is 23.2 Å². The molecule has 0 spiro atoms. The Kier molecular flexibility index (Phi) is 5.05. The highest BCUT2D eigenvalue weighted by Crippen LogP contribution is 2.36. The highest BCUT2D eigenvalue weighted by molar-refractivity contribution is 7.89. The van der Waals surface area contributed by atoms with Gasteiger partial charge in [-0.15, -0.1) is 0 Å². The Bertz CT molecular complexity index is 659. The van der Waals surface area contributed by atoms with Gasteiger partial charge in [0.2, 0.25) is 10.0 Å². The number of nitrogens with zero attached hydrogens (tertiary/aromatic N) is 1. The predicted octanol–water partition coefficient (Wildman–Crippen LogP) is 2.36. The quantitative estimate of drug-likeness (QED) is 0.646. The van der Waals surface area contributed by atoms with E-state index in [0.29, 0.717) is 6.61 Å². The van der Waals surface area contributed by atoms with Crippen LogP contribution in [-0.2, 0) is 14.8 Å². The van der Waals surface area contributed by atoms with E-state index < -0.39 is 30.6 Å². The number of benzene rings is 1. The highest BCUT2D eigenvalue weighted by Gasteiger charge is 2.29. The third-order valence-corrected chi connectivity index (χ3v) is 5.45. The first-order valence-corrected chi connectivity index (χ1v) is 8.30. The molecule has 0 amide bonds. The normalized spacial score (nSPS) is 18.9. The number of nitrogens with one attached hydrogen (secondary N) is 1. The minimum atomic E-state index is -4.06. The van der Waals surface area contributed by atoms with Crippen molar-refractivity contribution in [1.29, 1.82) is 0 Å². The van der Waals surface area contributed by atoms with Crippen molar-refractivity contribution in [3.05, 3.63) is 32.3 Å². The average molecular weight is 355 g/mol. The van der Waals surface area contributed by atoms with Crippen molar-refractivity contribution < 1.29 is 18.1 Å². The second-order valence-electron chi connectivity index (χ2n) is 4.45. The molecule has 1 aromatic carbocycles. The molecule has 0 aromatic heterocycles. The molecule has 1 aliphatic heterocycles. The fourth-order valence-corrected chi connectivity index (χ4v) is 4.25. The minimum Gasteiger partial charge on any atom is -0.377 e. The Balaban J connectivity index is 2.30. The molecule has 1 atom stereocenters. The van der Waals surface area contributed by atoms with E-state index in [1.165, 1.54) is 0 Å². The molecule has 0 aliphatic carbocycles. The summed E-state index contributed by atoms with van der Waals surface area (Å²) in [6.07, 6.45) is 1.40. The second kappa shape index (κ2) is 6.45. The molecule has 1 aromatic rings. The summed E-state index contributed by atoms with van der Waals surface area (Å²) in [6, 6.07) is 2.19. The van der Waals surface area contributed by atoms with Crippen LogP contribution in [0.2, 0.25) is 10.0 Å². The Labute approximate surface area is 131 Å². The van der Waals surface area contributed by atoms with E-state index in [9.17, 15) is 18.5 Å². The first-order valence-electron chi connectivity index (χ1n) is 6.06. The summed E-state index contributed by atoms with van der Waals surface area (Å²) in [5.41, 5.74) is -0.515. The number of nitro groups is 1. The lowest BCUT2D eigenvalue weighted by molar-refractivity contribution is -0.384. The summed E-state index contributed by atoms with van der Waals surface area (Å²) in [5.74, 6) is 0. The maximum Gasteiger partial charge on any atom is 0.289 e. The molecule has 1 fully saturated rings. The molecule has 116 valence electrons. The Morgan fingerprint density at radius 2 is 2.14 bits per heavy atom. The smallest absolute Gasteiger partial charge is 0.289 e. The lowest BCUT2D eigenvalue weighted by Crippen LogP contribution is -2.32. The second-order valence-corrected chi connectivity index (χ2v) is 6.94. The van der Waals surface area contributed by atoms with E-state index >= 15 is 0 Å². The van der Waals surface area contributed by atoms with Crippen LogP contribution in [0.1, 0.15) is 12.8 Å². The Morgan fingerprint density at radius 3 is 2.71 bits per heavy atom. The van der Waals surface area contributed by atoms with Gasteiger partial charge in [0, 0.05) is 19.2 Å². The number of hydrogen-bond donors (Lipinski definition) is 1. The molecule has 10 heteroatoms. The van der Waals surface area contributed by atoms with Crippen LogP contribution in [0.5, 0.6) is 0 Å². The number of hydrogen-bond acceptors (Lipinski definition) is 5. The van der Waals surface area contributed by atoms with E-state index in [2.05, 4.69) is 4.72 Å². The van der Waals surface area contributed by atoms with Crippen molar-refractivity contribution in [1.82, 2.24) is 4.72 Å². The zero-order valence-electron chi connectivity index (χ0n) is 10.7. The molecule has 1 N–H and O–H groups in total. The topological polar surface area (TPSA) is 98.5 Å². The van der Waals surface area contributed by atoms with Gasteiger partial charge in [-0.3, -0.25) is 10.1 Å². The first kappa shape index (κ1) is 16.4. The largest absolute Gasteiger partial charge is 0.377 e. The van der Waals surface area contributed by atoms with Crippen molar-refractivity contribution >= 4 is 38.9 Å². The molecule has 0 saturated carbocycles.